The molecule has 5 nitrogen and oxygen atoms in total. The number of morpholine rings is 1. The van der Waals surface area contributed by atoms with Gasteiger partial charge in [-0.25, -0.2) is 4.98 Å². The van der Waals surface area contributed by atoms with E-state index in [4.69, 9.17) is 9.72 Å². The first-order valence-corrected chi connectivity index (χ1v) is 10.4. The Bertz CT molecular complexity index is 1140. The summed E-state index contributed by atoms with van der Waals surface area (Å²) in [6, 6.07) is 16.0. The summed E-state index contributed by atoms with van der Waals surface area (Å²) in [5.74, 6) is 0.0801. The zero-order valence-corrected chi connectivity index (χ0v) is 17.4. The van der Waals surface area contributed by atoms with Crippen molar-refractivity contribution >= 4 is 16.7 Å². The lowest BCUT2D eigenvalue weighted by Gasteiger charge is -2.27. The van der Waals surface area contributed by atoms with Gasteiger partial charge in [0.2, 0.25) is 0 Å². The summed E-state index contributed by atoms with van der Waals surface area (Å²) in [5, 5.41) is 10.4. The van der Waals surface area contributed by atoms with Crippen molar-refractivity contribution in [1.82, 2.24) is 9.88 Å². The van der Waals surface area contributed by atoms with Crippen molar-refractivity contribution < 1.29 is 9.53 Å². The Hall–Kier alpha value is -3.07. The van der Waals surface area contributed by atoms with Crippen LogP contribution in [0.2, 0.25) is 0 Å². The Labute approximate surface area is 176 Å². The van der Waals surface area contributed by atoms with E-state index in [-0.39, 0.29) is 5.78 Å². The third kappa shape index (κ3) is 4.11. The van der Waals surface area contributed by atoms with E-state index in [1.165, 1.54) is 5.56 Å². The second-order valence-corrected chi connectivity index (χ2v) is 7.68. The predicted octanol–water partition coefficient (Wildman–Crippen LogP) is 4.37. The molecule has 0 radical (unpaired) electrons. The Morgan fingerprint density at radius 1 is 1.13 bits per heavy atom. The lowest BCUT2D eigenvalue weighted by Crippen LogP contribution is -2.35. The van der Waals surface area contributed by atoms with E-state index < -0.39 is 0 Å². The van der Waals surface area contributed by atoms with Crippen LogP contribution in [0.1, 0.15) is 40.9 Å². The minimum atomic E-state index is 0.0801. The van der Waals surface area contributed by atoms with Gasteiger partial charge >= 0.3 is 0 Å². The molecule has 1 aliphatic heterocycles. The highest BCUT2D eigenvalue weighted by Crippen LogP contribution is 2.28. The van der Waals surface area contributed by atoms with E-state index in [9.17, 15) is 10.1 Å². The van der Waals surface area contributed by atoms with E-state index in [0.29, 0.717) is 5.56 Å². The van der Waals surface area contributed by atoms with Crippen molar-refractivity contribution in [1.29, 1.82) is 5.26 Å². The maximum Gasteiger partial charge on any atom is 0.160 e. The standard InChI is InChI=1S/C25H25N3O2/c1-3-19-13-20(5-7-22(19)17(2)29)24-14-21(16-28-8-10-30-11-9-28)23-6-4-18(15-26)12-25(23)27-24/h4-7,12-14H,3,8-11,16H2,1-2H3. The van der Waals surface area contributed by atoms with Crippen molar-refractivity contribution in [2.24, 2.45) is 0 Å². The minimum absolute atomic E-state index is 0.0801. The summed E-state index contributed by atoms with van der Waals surface area (Å²) in [6.07, 6.45) is 0.787. The molecule has 4 rings (SSSR count). The Morgan fingerprint density at radius 3 is 2.63 bits per heavy atom. The fraction of sp³-hybridized carbons (Fsp3) is 0.320. The van der Waals surface area contributed by atoms with Crippen LogP contribution in [0, 0.1) is 11.3 Å². The van der Waals surface area contributed by atoms with Gasteiger partial charge < -0.3 is 4.74 Å². The zero-order valence-electron chi connectivity index (χ0n) is 17.4. The number of ketones is 1. The van der Waals surface area contributed by atoms with Crippen LogP contribution >= 0.6 is 0 Å². The van der Waals surface area contributed by atoms with Gasteiger partial charge in [0, 0.05) is 36.1 Å². The summed E-state index contributed by atoms with van der Waals surface area (Å²) in [4.78, 5) is 19.2. The number of Topliss-reactive ketones (excluding diaryl/α,β-unsaturated/α-hetero) is 1. The number of aryl methyl sites for hydroxylation is 1. The van der Waals surface area contributed by atoms with Gasteiger partial charge in [0.1, 0.15) is 0 Å². The minimum Gasteiger partial charge on any atom is -0.379 e. The molecule has 1 fully saturated rings. The van der Waals surface area contributed by atoms with Crippen molar-refractivity contribution in [3.8, 4) is 17.3 Å². The van der Waals surface area contributed by atoms with Gasteiger partial charge in [0.25, 0.3) is 0 Å². The van der Waals surface area contributed by atoms with Crippen LogP contribution < -0.4 is 0 Å². The summed E-state index contributed by atoms with van der Waals surface area (Å²) < 4.78 is 5.49. The molecule has 2 aromatic carbocycles. The molecule has 0 atom stereocenters. The van der Waals surface area contributed by atoms with Crippen molar-refractivity contribution in [3.05, 3.63) is 64.7 Å². The average molecular weight is 399 g/mol. The summed E-state index contributed by atoms with van der Waals surface area (Å²) >= 11 is 0. The molecule has 0 bridgehead atoms. The van der Waals surface area contributed by atoms with Gasteiger partial charge in [-0.2, -0.15) is 5.26 Å². The van der Waals surface area contributed by atoms with E-state index in [1.54, 1.807) is 6.92 Å². The first-order chi connectivity index (χ1) is 14.6. The third-order valence-electron chi connectivity index (χ3n) is 5.68. The second kappa shape index (κ2) is 8.74. The quantitative estimate of drug-likeness (QED) is 0.596. The smallest absolute Gasteiger partial charge is 0.160 e. The van der Waals surface area contributed by atoms with Gasteiger partial charge in [-0.3, -0.25) is 9.69 Å². The molecular weight excluding hydrogens is 374 g/mol. The second-order valence-electron chi connectivity index (χ2n) is 7.68. The molecule has 1 saturated heterocycles. The highest BCUT2D eigenvalue weighted by atomic mass is 16.5. The van der Waals surface area contributed by atoms with Crippen LogP contribution in [0.4, 0.5) is 0 Å². The van der Waals surface area contributed by atoms with Crippen LogP contribution in [0.5, 0.6) is 0 Å². The number of hydrogen-bond acceptors (Lipinski definition) is 5. The van der Waals surface area contributed by atoms with Gasteiger partial charge in [-0.1, -0.05) is 25.1 Å². The highest BCUT2D eigenvalue weighted by molar-refractivity contribution is 5.96. The van der Waals surface area contributed by atoms with Crippen molar-refractivity contribution in [2.45, 2.75) is 26.8 Å². The molecule has 2 heterocycles. The summed E-state index contributed by atoms with van der Waals surface area (Å²) in [5.41, 5.74) is 6.27. The molecule has 0 saturated carbocycles. The first-order valence-electron chi connectivity index (χ1n) is 10.4. The Kier molecular flexibility index (Phi) is 5.89. The number of carbonyl (C=O) groups is 1. The lowest BCUT2D eigenvalue weighted by atomic mass is 9.96. The number of nitriles is 1. The number of hydrogen-bond donors (Lipinski definition) is 0. The van der Waals surface area contributed by atoms with Crippen molar-refractivity contribution in [3.63, 3.8) is 0 Å². The Balaban J connectivity index is 1.83. The molecule has 0 aliphatic carbocycles. The van der Waals surface area contributed by atoms with E-state index in [0.717, 1.165) is 72.6 Å². The lowest BCUT2D eigenvalue weighted by molar-refractivity contribution is 0.0343. The number of aromatic nitrogens is 1. The maximum absolute atomic E-state index is 11.9. The number of benzene rings is 2. The highest BCUT2D eigenvalue weighted by Gasteiger charge is 2.16. The van der Waals surface area contributed by atoms with Gasteiger partial charge in [0.15, 0.2) is 5.78 Å². The summed E-state index contributed by atoms with van der Waals surface area (Å²) in [7, 11) is 0. The van der Waals surface area contributed by atoms with E-state index >= 15 is 0 Å². The van der Waals surface area contributed by atoms with Crippen LogP contribution in [0.15, 0.2) is 42.5 Å². The number of pyridine rings is 1. The number of fused-ring (bicyclic) bond motifs is 1. The van der Waals surface area contributed by atoms with Crippen LogP contribution in [-0.2, 0) is 17.7 Å². The molecular formula is C25H25N3O2. The van der Waals surface area contributed by atoms with Crippen LogP contribution in [0.3, 0.4) is 0 Å². The fourth-order valence-electron chi connectivity index (χ4n) is 4.04. The zero-order chi connectivity index (χ0) is 21.1. The van der Waals surface area contributed by atoms with Gasteiger partial charge in [-0.05, 0) is 48.7 Å². The maximum atomic E-state index is 11.9. The molecule has 0 spiro atoms. The Morgan fingerprint density at radius 2 is 1.93 bits per heavy atom. The number of rotatable bonds is 5. The molecule has 152 valence electrons. The molecule has 0 unspecified atom stereocenters. The largest absolute Gasteiger partial charge is 0.379 e. The fourth-order valence-corrected chi connectivity index (χ4v) is 4.04. The molecule has 1 aliphatic rings. The SMILES string of the molecule is CCc1cc(-c2cc(CN3CCOCC3)c3ccc(C#N)cc3n2)ccc1C(C)=O. The molecule has 5 heteroatoms. The topological polar surface area (TPSA) is 66.2 Å². The predicted molar refractivity (Wildman–Crippen MR) is 117 cm³/mol. The normalized spacial score (nSPS) is 14.6. The number of nitrogens with zero attached hydrogens (tertiary/aromatic N) is 3. The molecule has 1 aromatic heterocycles. The van der Waals surface area contributed by atoms with E-state index in [1.807, 2.05) is 30.3 Å². The van der Waals surface area contributed by atoms with Gasteiger partial charge in [0.05, 0.1) is 36.1 Å². The van der Waals surface area contributed by atoms with E-state index in [2.05, 4.69) is 30.0 Å². The first kappa shape index (κ1) is 20.2. The monoisotopic (exact) mass is 399 g/mol. The third-order valence-corrected chi connectivity index (χ3v) is 5.68. The summed E-state index contributed by atoms with van der Waals surface area (Å²) in [6.45, 7) is 7.79. The molecule has 0 N–H and O–H groups in total. The number of ether oxygens (including phenoxy) is 1. The molecule has 30 heavy (non-hydrogen) atoms. The average Bonchev–Trinajstić information content (AvgIpc) is 2.78. The number of carbonyl (C=O) groups excluding carboxylic acids is 1. The molecule has 3 aromatic rings. The van der Waals surface area contributed by atoms with Crippen LogP contribution in [0.25, 0.3) is 22.2 Å². The van der Waals surface area contributed by atoms with Crippen molar-refractivity contribution in [2.75, 3.05) is 26.3 Å². The van der Waals surface area contributed by atoms with Crippen LogP contribution in [-0.4, -0.2) is 42.0 Å². The molecule has 0 amide bonds. The van der Waals surface area contributed by atoms with Gasteiger partial charge in [-0.15, -0.1) is 0 Å².